The highest BCUT2D eigenvalue weighted by Crippen LogP contribution is 2.41. The molecular weight excluding hydrogens is 403 g/mol. The molecule has 0 unspecified atom stereocenters. The molecule has 1 aromatic heterocycles. The lowest BCUT2D eigenvalue weighted by Crippen LogP contribution is -2.44. The second kappa shape index (κ2) is 7.84. The SMILES string of the molecule is CN(C(=O)C(C)(C)C)[C@@H](c1ccc(N[C@@H]2Cc3ccccc3C2(C)C)cn1)C(F)(F)F. The van der Waals surface area contributed by atoms with Crippen LogP contribution >= 0.6 is 0 Å². The van der Waals surface area contributed by atoms with Gasteiger partial charge < -0.3 is 10.2 Å². The van der Waals surface area contributed by atoms with Gasteiger partial charge in [0, 0.05) is 23.9 Å². The first-order valence-electron chi connectivity index (χ1n) is 10.4. The number of rotatable bonds is 4. The molecule has 1 aromatic carbocycles. The Morgan fingerprint density at radius 3 is 2.32 bits per heavy atom. The van der Waals surface area contributed by atoms with Gasteiger partial charge in [0.1, 0.15) is 0 Å². The number of hydrogen-bond donors (Lipinski definition) is 1. The monoisotopic (exact) mass is 433 g/mol. The summed E-state index contributed by atoms with van der Waals surface area (Å²) in [6.07, 6.45) is -2.38. The molecule has 2 aromatic rings. The van der Waals surface area contributed by atoms with Crippen molar-refractivity contribution >= 4 is 11.6 Å². The Kier molecular flexibility index (Phi) is 5.84. The minimum atomic E-state index is -4.63. The van der Waals surface area contributed by atoms with Crippen molar-refractivity contribution in [2.75, 3.05) is 12.4 Å². The lowest BCUT2D eigenvalue weighted by atomic mass is 9.83. The summed E-state index contributed by atoms with van der Waals surface area (Å²) in [6, 6.07) is 9.22. The Morgan fingerprint density at radius 1 is 1.16 bits per heavy atom. The quantitative estimate of drug-likeness (QED) is 0.692. The maximum absolute atomic E-state index is 13.8. The molecule has 0 fully saturated rings. The van der Waals surface area contributed by atoms with Crippen LogP contribution in [-0.4, -0.2) is 35.1 Å². The van der Waals surface area contributed by atoms with E-state index in [-0.39, 0.29) is 17.2 Å². The van der Waals surface area contributed by atoms with Crippen LogP contribution in [0.15, 0.2) is 42.6 Å². The number of nitrogens with one attached hydrogen (secondary N) is 1. The predicted octanol–water partition coefficient (Wildman–Crippen LogP) is 5.50. The number of fused-ring (bicyclic) bond motifs is 1. The van der Waals surface area contributed by atoms with E-state index in [1.807, 2.05) is 12.1 Å². The van der Waals surface area contributed by atoms with Gasteiger partial charge in [0.05, 0.1) is 17.6 Å². The lowest BCUT2D eigenvalue weighted by Gasteiger charge is -2.34. The second-order valence-electron chi connectivity index (χ2n) is 9.86. The Bertz CT molecular complexity index is 946. The minimum Gasteiger partial charge on any atom is -0.380 e. The maximum atomic E-state index is 13.8. The number of amides is 1. The first-order valence-corrected chi connectivity index (χ1v) is 10.4. The van der Waals surface area contributed by atoms with E-state index in [0.717, 1.165) is 11.3 Å². The van der Waals surface area contributed by atoms with Crippen molar-refractivity contribution in [3.8, 4) is 0 Å². The predicted molar refractivity (Wildman–Crippen MR) is 116 cm³/mol. The molecule has 0 aliphatic heterocycles. The van der Waals surface area contributed by atoms with E-state index >= 15 is 0 Å². The third-order valence-corrected chi connectivity index (χ3v) is 6.07. The number of carbonyl (C=O) groups excluding carboxylic acids is 1. The van der Waals surface area contributed by atoms with Gasteiger partial charge in [0.15, 0.2) is 6.04 Å². The normalized spacial score (nSPS) is 18.9. The van der Waals surface area contributed by atoms with Crippen molar-refractivity contribution in [1.82, 2.24) is 9.88 Å². The van der Waals surface area contributed by atoms with Gasteiger partial charge in [0.25, 0.3) is 0 Å². The Hall–Kier alpha value is -2.57. The van der Waals surface area contributed by atoms with Gasteiger partial charge >= 0.3 is 6.18 Å². The highest BCUT2D eigenvalue weighted by molar-refractivity contribution is 5.81. The fourth-order valence-electron chi connectivity index (χ4n) is 4.31. The van der Waals surface area contributed by atoms with E-state index in [0.29, 0.717) is 5.69 Å². The van der Waals surface area contributed by atoms with E-state index in [4.69, 9.17) is 0 Å². The molecule has 0 spiro atoms. The number of benzene rings is 1. The Balaban J connectivity index is 1.82. The molecule has 0 radical (unpaired) electrons. The average molecular weight is 434 g/mol. The highest BCUT2D eigenvalue weighted by Gasteiger charge is 2.47. The molecule has 1 heterocycles. The van der Waals surface area contributed by atoms with Crippen molar-refractivity contribution in [2.24, 2.45) is 5.41 Å². The van der Waals surface area contributed by atoms with E-state index < -0.39 is 23.5 Å². The average Bonchev–Trinajstić information content (AvgIpc) is 2.91. The molecule has 0 saturated carbocycles. The number of nitrogens with zero attached hydrogens (tertiary/aromatic N) is 2. The summed E-state index contributed by atoms with van der Waals surface area (Å²) < 4.78 is 41.5. The molecule has 1 aliphatic rings. The van der Waals surface area contributed by atoms with Crippen molar-refractivity contribution in [3.05, 3.63) is 59.4 Å². The summed E-state index contributed by atoms with van der Waals surface area (Å²) in [5.74, 6) is -0.593. The molecule has 1 N–H and O–H groups in total. The summed E-state index contributed by atoms with van der Waals surface area (Å²) >= 11 is 0. The zero-order valence-corrected chi connectivity index (χ0v) is 18.8. The fourth-order valence-corrected chi connectivity index (χ4v) is 4.31. The fraction of sp³-hybridized carbons (Fsp3) is 0.500. The minimum absolute atomic E-state index is 0.0982. The number of carbonyl (C=O) groups is 1. The van der Waals surface area contributed by atoms with E-state index in [9.17, 15) is 18.0 Å². The molecule has 1 amide bonds. The van der Waals surface area contributed by atoms with Crippen LogP contribution in [0.5, 0.6) is 0 Å². The topological polar surface area (TPSA) is 45.2 Å². The first-order chi connectivity index (χ1) is 14.2. The van der Waals surface area contributed by atoms with Crippen LogP contribution in [0.1, 0.15) is 57.5 Å². The molecule has 1 aliphatic carbocycles. The van der Waals surface area contributed by atoms with Crippen LogP contribution in [0.3, 0.4) is 0 Å². The van der Waals surface area contributed by atoms with Gasteiger partial charge in [-0.25, -0.2) is 0 Å². The van der Waals surface area contributed by atoms with Crippen molar-refractivity contribution in [3.63, 3.8) is 0 Å². The number of pyridine rings is 1. The van der Waals surface area contributed by atoms with Gasteiger partial charge in [-0.15, -0.1) is 0 Å². The zero-order valence-electron chi connectivity index (χ0n) is 18.8. The number of hydrogen-bond acceptors (Lipinski definition) is 3. The van der Waals surface area contributed by atoms with Crippen LogP contribution < -0.4 is 5.32 Å². The van der Waals surface area contributed by atoms with Gasteiger partial charge in [-0.2, -0.15) is 13.2 Å². The van der Waals surface area contributed by atoms with Gasteiger partial charge in [-0.05, 0) is 29.7 Å². The van der Waals surface area contributed by atoms with Gasteiger partial charge in [-0.1, -0.05) is 58.9 Å². The summed E-state index contributed by atoms with van der Waals surface area (Å²) in [5.41, 5.74) is 1.95. The van der Waals surface area contributed by atoms with Crippen molar-refractivity contribution in [2.45, 2.75) is 64.7 Å². The van der Waals surface area contributed by atoms with Crippen molar-refractivity contribution in [1.29, 1.82) is 0 Å². The number of halogens is 3. The van der Waals surface area contributed by atoms with Crippen molar-refractivity contribution < 1.29 is 18.0 Å². The van der Waals surface area contributed by atoms with E-state index in [2.05, 4.69) is 36.3 Å². The maximum Gasteiger partial charge on any atom is 0.414 e. The second-order valence-corrected chi connectivity index (χ2v) is 9.86. The van der Waals surface area contributed by atoms with Crippen LogP contribution in [0, 0.1) is 5.41 Å². The van der Waals surface area contributed by atoms with Crippen LogP contribution in [0.4, 0.5) is 18.9 Å². The molecule has 168 valence electrons. The van der Waals surface area contributed by atoms with Gasteiger partial charge in [-0.3, -0.25) is 9.78 Å². The molecule has 31 heavy (non-hydrogen) atoms. The molecule has 3 rings (SSSR count). The summed E-state index contributed by atoms with van der Waals surface area (Å²) in [6.45, 7) is 9.11. The Morgan fingerprint density at radius 2 is 1.81 bits per heavy atom. The third kappa shape index (κ3) is 4.55. The molecular formula is C24H30F3N3O. The Labute approximate surface area is 181 Å². The van der Waals surface area contributed by atoms with Crippen LogP contribution in [0.25, 0.3) is 0 Å². The first kappa shape index (κ1) is 23.1. The zero-order chi connectivity index (χ0) is 23.2. The van der Waals surface area contributed by atoms with Crippen LogP contribution in [-0.2, 0) is 16.6 Å². The van der Waals surface area contributed by atoms with Gasteiger partial charge in [0.2, 0.25) is 5.91 Å². The summed E-state index contributed by atoms with van der Waals surface area (Å²) in [7, 11) is 1.18. The molecule has 2 atom stereocenters. The molecule has 0 bridgehead atoms. The molecule has 7 heteroatoms. The van der Waals surface area contributed by atoms with Crippen LogP contribution in [0.2, 0.25) is 0 Å². The largest absolute Gasteiger partial charge is 0.414 e. The molecule has 4 nitrogen and oxygen atoms in total. The van der Waals surface area contributed by atoms with E-state index in [1.165, 1.54) is 30.4 Å². The smallest absolute Gasteiger partial charge is 0.380 e. The number of alkyl halides is 3. The number of aromatic nitrogens is 1. The lowest BCUT2D eigenvalue weighted by molar-refractivity contribution is -0.192. The summed E-state index contributed by atoms with van der Waals surface area (Å²) in [4.78, 5) is 17.3. The van der Waals surface area contributed by atoms with E-state index in [1.54, 1.807) is 26.8 Å². The molecule has 0 saturated heterocycles. The number of anilines is 1. The standard InChI is InChI=1S/C24H30F3N3O/c1-22(2,3)21(31)30(6)20(24(25,26)27)18-12-11-16(14-28-18)29-19-13-15-9-7-8-10-17(15)23(19,4)5/h7-12,14,19-20,29H,13H2,1-6H3/t19-,20+/m1/s1. The third-order valence-electron chi connectivity index (χ3n) is 6.07. The highest BCUT2D eigenvalue weighted by atomic mass is 19.4. The summed E-state index contributed by atoms with van der Waals surface area (Å²) in [5, 5.41) is 3.43.